The van der Waals surface area contributed by atoms with E-state index in [4.69, 9.17) is 0 Å². The second-order valence-electron chi connectivity index (χ2n) is 8.71. The van der Waals surface area contributed by atoms with Crippen LogP contribution < -0.4 is 5.32 Å². The Labute approximate surface area is 178 Å². The van der Waals surface area contributed by atoms with Crippen LogP contribution in [0.3, 0.4) is 0 Å². The summed E-state index contributed by atoms with van der Waals surface area (Å²) >= 11 is 0. The van der Waals surface area contributed by atoms with Gasteiger partial charge in [0, 0.05) is 24.3 Å². The largest absolute Gasteiger partial charge is 0.338 e. The number of nitrogens with one attached hydrogen (secondary N) is 1. The molecule has 1 aliphatic rings. The Morgan fingerprint density at radius 3 is 2.17 bits per heavy atom. The van der Waals surface area contributed by atoms with Gasteiger partial charge in [-0.3, -0.25) is 9.59 Å². The summed E-state index contributed by atoms with van der Waals surface area (Å²) < 4.78 is 13.2. The first kappa shape index (κ1) is 22.0. The number of carbonyl (C=O) groups excluding carboxylic acids is 2. The second kappa shape index (κ2) is 9.41. The van der Waals surface area contributed by atoms with Crippen molar-refractivity contribution >= 4 is 17.5 Å². The lowest BCUT2D eigenvalue weighted by Gasteiger charge is -2.32. The lowest BCUT2D eigenvalue weighted by atomic mass is 9.91. The van der Waals surface area contributed by atoms with Crippen molar-refractivity contribution in [2.45, 2.75) is 52.4 Å². The molecule has 1 aliphatic heterocycles. The molecule has 5 heteroatoms. The Kier molecular flexibility index (Phi) is 6.91. The molecule has 1 N–H and O–H groups in total. The molecule has 0 aliphatic carbocycles. The number of benzene rings is 2. The van der Waals surface area contributed by atoms with Gasteiger partial charge in [-0.2, -0.15) is 0 Å². The van der Waals surface area contributed by atoms with Gasteiger partial charge in [-0.05, 0) is 60.1 Å². The molecule has 2 aromatic carbocycles. The van der Waals surface area contributed by atoms with Crippen LogP contribution in [0.25, 0.3) is 0 Å². The van der Waals surface area contributed by atoms with E-state index in [9.17, 15) is 14.0 Å². The molecule has 1 fully saturated rings. The van der Waals surface area contributed by atoms with Crippen LogP contribution >= 0.6 is 0 Å². The van der Waals surface area contributed by atoms with E-state index in [0.717, 1.165) is 29.7 Å². The Hall–Kier alpha value is -2.69. The van der Waals surface area contributed by atoms with Gasteiger partial charge in [0.15, 0.2) is 0 Å². The van der Waals surface area contributed by atoms with E-state index in [0.29, 0.717) is 30.5 Å². The molecule has 3 rings (SSSR count). The zero-order valence-corrected chi connectivity index (χ0v) is 18.2. The summed E-state index contributed by atoms with van der Waals surface area (Å²) in [7, 11) is 0. The third-order valence-electron chi connectivity index (χ3n) is 5.79. The van der Waals surface area contributed by atoms with Crippen LogP contribution in [0.5, 0.6) is 0 Å². The topological polar surface area (TPSA) is 49.4 Å². The van der Waals surface area contributed by atoms with Crippen LogP contribution in [-0.2, 0) is 4.79 Å². The van der Waals surface area contributed by atoms with E-state index >= 15 is 0 Å². The van der Waals surface area contributed by atoms with Crippen molar-refractivity contribution in [3.05, 3.63) is 65.0 Å². The minimum absolute atomic E-state index is 0.0402. The molecule has 0 radical (unpaired) electrons. The molecule has 2 aromatic rings. The number of carbonyl (C=O) groups is 2. The minimum atomic E-state index is -0.368. The van der Waals surface area contributed by atoms with E-state index in [2.05, 4.69) is 45.1 Å². The summed E-state index contributed by atoms with van der Waals surface area (Å²) in [5, 5.41) is 3.19. The SMILES string of the molecule is CC(C)c1cccc(C(C)C)c1NC(=O)[C@H]1CCCN(C(=O)c2ccc(F)cc2)C1. The molecular weight excluding hydrogens is 379 g/mol. The van der Waals surface area contributed by atoms with Crippen LogP contribution in [0.4, 0.5) is 10.1 Å². The number of halogens is 1. The van der Waals surface area contributed by atoms with Gasteiger partial charge in [-0.15, -0.1) is 0 Å². The Morgan fingerprint density at radius 1 is 1.00 bits per heavy atom. The van der Waals surface area contributed by atoms with Crippen molar-refractivity contribution < 1.29 is 14.0 Å². The number of piperidine rings is 1. The molecule has 1 saturated heterocycles. The quantitative estimate of drug-likeness (QED) is 0.701. The normalized spacial score (nSPS) is 16.8. The van der Waals surface area contributed by atoms with Crippen molar-refractivity contribution in [2.75, 3.05) is 18.4 Å². The highest BCUT2D eigenvalue weighted by Crippen LogP contribution is 2.33. The number of likely N-dealkylation sites (tertiary alicyclic amines) is 1. The molecule has 4 nitrogen and oxygen atoms in total. The number of anilines is 1. The fourth-order valence-corrected chi connectivity index (χ4v) is 4.07. The smallest absolute Gasteiger partial charge is 0.253 e. The monoisotopic (exact) mass is 410 g/mol. The lowest BCUT2D eigenvalue weighted by molar-refractivity contribution is -0.121. The number of rotatable bonds is 5. The summed E-state index contributed by atoms with van der Waals surface area (Å²) in [4.78, 5) is 27.7. The summed E-state index contributed by atoms with van der Waals surface area (Å²) in [6, 6.07) is 11.7. The Morgan fingerprint density at radius 2 is 1.60 bits per heavy atom. The van der Waals surface area contributed by atoms with Crippen molar-refractivity contribution in [3.63, 3.8) is 0 Å². The maximum atomic E-state index is 13.2. The van der Waals surface area contributed by atoms with Crippen molar-refractivity contribution in [1.29, 1.82) is 0 Å². The van der Waals surface area contributed by atoms with Gasteiger partial charge >= 0.3 is 0 Å². The highest BCUT2D eigenvalue weighted by molar-refractivity contribution is 5.97. The van der Waals surface area contributed by atoms with Crippen LogP contribution in [0.2, 0.25) is 0 Å². The van der Waals surface area contributed by atoms with Crippen LogP contribution in [0, 0.1) is 11.7 Å². The predicted molar refractivity (Wildman–Crippen MR) is 118 cm³/mol. The maximum absolute atomic E-state index is 13.2. The van der Waals surface area contributed by atoms with Crippen LogP contribution in [-0.4, -0.2) is 29.8 Å². The van der Waals surface area contributed by atoms with Gasteiger partial charge in [0.25, 0.3) is 5.91 Å². The van der Waals surface area contributed by atoms with Gasteiger partial charge in [-0.1, -0.05) is 45.9 Å². The first-order valence-electron chi connectivity index (χ1n) is 10.8. The average Bonchev–Trinajstić information content (AvgIpc) is 2.73. The first-order chi connectivity index (χ1) is 14.3. The van der Waals surface area contributed by atoms with Gasteiger partial charge in [0.2, 0.25) is 5.91 Å². The highest BCUT2D eigenvalue weighted by atomic mass is 19.1. The molecule has 0 bridgehead atoms. The molecule has 1 heterocycles. The van der Waals surface area contributed by atoms with Crippen molar-refractivity contribution in [2.24, 2.45) is 5.92 Å². The van der Waals surface area contributed by atoms with Gasteiger partial charge in [0.1, 0.15) is 5.82 Å². The van der Waals surface area contributed by atoms with Crippen LogP contribution in [0.15, 0.2) is 42.5 Å². The van der Waals surface area contributed by atoms with Crippen LogP contribution in [0.1, 0.15) is 73.9 Å². The molecule has 0 unspecified atom stereocenters. The molecule has 160 valence electrons. The van der Waals surface area contributed by atoms with E-state index in [-0.39, 0.29) is 23.5 Å². The summed E-state index contributed by atoms with van der Waals surface area (Å²) in [5.41, 5.74) is 3.62. The van der Waals surface area contributed by atoms with Gasteiger partial charge < -0.3 is 10.2 Å². The highest BCUT2D eigenvalue weighted by Gasteiger charge is 2.30. The van der Waals surface area contributed by atoms with Crippen molar-refractivity contribution in [1.82, 2.24) is 4.90 Å². The standard InChI is InChI=1S/C25H31FN2O2/c1-16(2)21-8-5-9-22(17(3)4)23(21)27-24(29)19-7-6-14-28(15-19)25(30)18-10-12-20(26)13-11-18/h5,8-13,16-17,19H,6-7,14-15H2,1-4H3,(H,27,29)/t19-/m0/s1. The fourth-order valence-electron chi connectivity index (χ4n) is 4.07. The zero-order valence-electron chi connectivity index (χ0n) is 18.2. The van der Waals surface area contributed by atoms with Gasteiger partial charge in [0.05, 0.1) is 5.92 Å². The second-order valence-corrected chi connectivity index (χ2v) is 8.71. The first-order valence-corrected chi connectivity index (χ1v) is 10.8. The number of para-hydroxylation sites is 1. The zero-order chi connectivity index (χ0) is 21.8. The maximum Gasteiger partial charge on any atom is 0.253 e. The molecule has 0 spiro atoms. The Bertz CT molecular complexity index is 880. The number of hydrogen-bond acceptors (Lipinski definition) is 2. The molecule has 2 amide bonds. The molecule has 1 atom stereocenters. The fraction of sp³-hybridized carbons (Fsp3) is 0.440. The molecule has 30 heavy (non-hydrogen) atoms. The van der Waals surface area contributed by atoms with E-state index in [1.165, 1.54) is 24.3 Å². The molecule has 0 saturated carbocycles. The lowest BCUT2D eigenvalue weighted by Crippen LogP contribution is -2.43. The minimum Gasteiger partial charge on any atom is -0.338 e. The average molecular weight is 411 g/mol. The molecular formula is C25H31FN2O2. The van der Waals surface area contributed by atoms with E-state index in [1.807, 2.05) is 6.07 Å². The van der Waals surface area contributed by atoms with E-state index in [1.54, 1.807) is 4.90 Å². The van der Waals surface area contributed by atoms with Gasteiger partial charge in [-0.25, -0.2) is 4.39 Å². The predicted octanol–water partition coefficient (Wildman–Crippen LogP) is 5.56. The summed E-state index contributed by atoms with van der Waals surface area (Å²) in [6.45, 7) is 9.48. The third-order valence-corrected chi connectivity index (χ3v) is 5.79. The summed E-state index contributed by atoms with van der Waals surface area (Å²) in [5.74, 6) is -0.237. The number of hydrogen-bond donors (Lipinski definition) is 1. The van der Waals surface area contributed by atoms with E-state index < -0.39 is 0 Å². The number of amides is 2. The Balaban J connectivity index is 1.76. The third kappa shape index (κ3) is 4.89. The summed E-state index contributed by atoms with van der Waals surface area (Å²) in [6.07, 6.45) is 1.52. The molecule has 0 aromatic heterocycles. The van der Waals surface area contributed by atoms with Crippen molar-refractivity contribution in [3.8, 4) is 0 Å². The number of nitrogens with zero attached hydrogens (tertiary/aromatic N) is 1.